The fourth-order valence-electron chi connectivity index (χ4n) is 3.12. The molecule has 0 aliphatic carbocycles. The van der Waals surface area contributed by atoms with Crippen LogP contribution in [0.1, 0.15) is 24.5 Å². The number of aryl methyl sites for hydroxylation is 1. The fourth-order valence-corrected chi connectivity index (χ4v) is 3.12. The average molecular weight is 321 g/mol. The Labute approximate surface area is 133 Å². The van der Waals surface area contributed by atoms with Gasteiger partial charge in [-0.25, -0.2) is 8.78 Å². The van der Waals surface area contributed by atoms with Crippen LogP contribution in [-0.4, -0.2) is 35.9 Å². The minimum atomic E-state index is -2.78. The number of carbonyl (C=O) groups is 1. The Morgan fingerprint density at radius 3 is 2.91 bits per heavy atom. The lowest BCUT2D eigenvalue weighted by Gasteiger charge is -2.11. The third kappa shape index (κ3) is 3.37. The lowest BCUT2D eigenvalue weighted by molar-refractivity contribution is -0.123. The summed E-state index contributed by atoms with van der Waals surface area (Å²) in [7, 11) is 0. The van der Waals surface area contributed by atoms with Gasteiger partial charge in [-0.1, -0.05) is 25.1 Å². The molecule has 1 aliphatic heterocycles. The van der Waals surface area contributed by atoms with Crippen LogP contribution in [-0.2, 0) is 17.6 Å². The molecule has 124 valence electrons. The molecule has 0 radical (unpaired) electrons. The second kappa shape index (κ2) is 6.28. The average Bonchev–Trinajstić information content (AvgIpc) is 3.10. The molecule has 23 heavy (non-hydrogen) atoms. The van der Waals surface area contributed by atoms with Crippen LogP contribution < -0.4 is 10.6 Å². The molecule has 2 heterocycles. The van der Waals surface area contributed by atoms with E-state index < -0.39 is 24.9 Å². The predicted octanol–water partition coefficient (Wildman–Crippen LogP) is 2.39. The number of fused-ring (bicyclic) bond motifs is 1. The lowest BCUT2D eigenvalue weighted by atomic mass is 10.1. The van der Waals surface area contributed by atoms with E-state index >= 15 is 0 Å². The number of para-hydroxylation sites is 1. The van der Waals surface area contributed by atoms with Crippen molar-refractivity contribution in [1.29, 1.82) is 0 Å². The summed E-state index contributed by atoms with van der Waals surface area (Å²) in [4.78, 5) is 15.2. The largest absolute Gasteiger partial charge is 0.361 e. The van der Waals surface area contributed by atoms with Crippen molar-refractivity contribution in [2.24, 2.45) is 0 Å². The van der Waals surface area contributed by atoms with Crippen LogP contribution in [0.25, 0.3) is 10.9 Å². The number of rotatable bonds is 5. The van der Waals surface area contributed by atoms with E-state index in [1.165, 1.54) is 5.56 Å². The highest BCUT2D eigenvalue weighted by Crippen LogP contribution is 2.25. The number of hydrogen-bond donors (Lipinski definition) is 3. The van der Waals surface area contributed by atoms with E-state index in [1.807, 2.05) is 12.3 Å². The van der Waals surface area contributed by atoms with Crippen LogP contribution in [0.5, 0.6) is 0 Å². The highest BCUT2D eigenvalue weighted by molar-refractivity contribution is 5.86. The molecule has 0 bridgehead atoms. The van der Waals surface area contributed by atoms with Gasteiger partial charge in [-0.05, 0) is 24.0 Å². The zero-order chi connectivity index (χ0) is 16.4. The number of hydrogen-bond acceptors (Lipinski definition) is 2. The SMILES string of the molecule is CCc1cccc2c(CCNC(=O)C3CC(F)(F)CN3)c[nH]c12. The van der Waals surface area contributed by atoms with E-state index in [-0.39, 0.29) is 5.91 Å². The molecule has 3 N–H and O–H groups in total. The molecule has 6 heteroatoms. The number of nitrogens with one attached hydrogen (secondary N) is 3. The van der Waals surface area contributed by atoms with Crippen LogP contribution in [0.2, 0.25) is 0 Å². The van der Waals surface area contributed by atoms with Crippen molar-refractivity contribution in [3.05, 3.63) is 35.5 Å². The summed E-state index contributed by atoms with van der Waals surface area (Å²) in [6, 6.07) is 5.39. The molecule has 1 atom stereocenters. The summed E-state index contributed by atoms with van der Waals surface area (Å²) in [5, 5.41) is 6.47. The summed E-state index contributed by atoms with van der Waals surface area (Å²) >= 11 is 0. The maximum atomic E-state index is 13.1. The summed E-state index contributed by atoms with van der Waals surface area (Å²) in [6.07, 6.45) is 3.15. The van der Waals surface area contributed by atoms with Gasteiger partial charge in [0, 0.05) is 30.1 Å². The van der Waals surface area contributed by atoms with Crippen molar-refractivity contribution >= 4 is 16.8 Å². The van der Waals surface area contributed by atoms with Crippen molar-refractivity contribution in [3.8, 4) is 0 Å². The molecule has 4 nitrogen and oxygen atoms in total. The molecule has 1 aliphatic rings. The standard InChI is InChI=1S/C17H21F2N3O/c1-2-11-4-3-5-13-12(9-21-15(11)13)6-7-20-16(23)14-8-17(18,19)10-22-14/h3-5,9,14,21-22H,2,6-8,10H2,1H3,(H,20,23). The molecule has 0 spiro atoms. The molecule has 0 saturated carbocycles. The Balaban J connectivity index is 1.58. The van der Waals surface area contributed by atoms with E-state index in [0.717, 1.165) is 22.9 Å². The van der Waals surface area contributed by atoms with Gasteiger partial charge >= 0.3 is 0 Å². The van der Waals surface area contributed by atoms with E-state index in [2.05, 4.69) is 34.7 Å². The first kappa shape index (κ1) is 15.9. The number of alkyl halides is 2. The highest BCUT2D eigenvalue weighted by atomic mass is 19.3. The first-order chi connectivity index (χ1) is 11.0. The first-order valence-electron chi connectivity index (χ1n) is 7.97. The molecule has 1 fully saturated rings. The number of halogens is 2. The maximum absolute atomic E-state index is 13.1. The summed E-state index contributed by atoms with van der Waals surface area (Å²) in [5.41, 5.74) is 3.52. The van der Waals surface area contributed by atoms with Gasteiger partial charge < -0.3 is 10.3 Å². The van der Waals surface area contributed by atoms with E-state index in [0.29, 0.717) is 13.0 Å². The van der Waals surface area contributed by atoms with Gasteiger partial charge in [0.1, 0.15) is 0 Å². The topological polar surface area (TPSA) is 56.9 Å². The van der Waals surface area contributed by atoms with Gasteiger partial charge in [-0.15, -0.1) is 0 Å². The number of amides is 1. The van der Waals surface area contributed by atoms with Crippen molar-refractivity contribution in [2.75, 3.05) is 13.1 Å². The van der Waals surface area contributed by atoms with Crippen LogP contribution >= 0.6 is 0 Å². The fraction of sp³-hybridized carbons (Fsp3) is 0.471. The molecule has 3 rings (SSSR count). The number of H-pyrrole nitrogens is 1. The van der Waals surface area contributed by atoms with Gasteiger partial charge in [0.15, 0.2) is 0 Å². The second-order valence-electron chi connectivity index (χ2n) is 6.04. The molecule has 2 aromatic rings. The molecule has 1 aromatic carbocycles. The minimum absolute atomic E-state index is 0.351. The van der Waals surface area contributed by atoms with Crippen molar-refractivity contribution in [1.82, 2.24) is 15.6 Å². The van der Waals surface area contributed by atoms with Crippen LogP contribution in [0.3, 0.4) is 0 Å². The Morgan fingerprint density at radius 2 is 2.22 bits per heavy atom. The summed E-state index contributed by atoms with van der Waals surface area (Å²) in [5.74, 6) is -3.13. The van der Waals surface area contributed by atoms with E-state index in [9.17, 15) is 13.6 Å². The van der Waals surface area contributed by atoms with E-state index in [4.69, 9.17) is 0 Å². The van der Waals surface area contributed by atoms with Gasteiger partial charge in [0.05, 0.1) is 12.6 Å². The smallest absolute Gasteiger partial charge is 0.262 e. The van der Waals surface area contributed by atoms with Gasteiger partial charge in [0.25, 0.3) is 5.92 Å². The monoisotopic (exact) mass is 321 g/mol. The third-order valence-corrected chi connectivity index (χ3v) is 4.39. The predicted molar refractivity (Wildman–Crippen MR) is 85.7 cm³/mol. The Kier molecular flexibility index (Phi) is 4.35. The third-order valence-electron chi connectivity index (χ3n) is 4.39. The molecule has 1 saturated heterocycles. The second-order valence-corrected chi connectivity index (χ2v) is 6.04. The quantitative estimate of drug-likeness (QED) is 0.792. The first-order valence-corrected chi connectivity index (χ1v) is 7.97. The molecule has 1 amide bonds. The zero-order valence-corrected chi connectivity index (χ0v) is 13.1. The molecular weight excluding hydrogens is 300 g/mol. The van der Waals surface area contributed by atoms with Crippen LogP contribution in [0.15, 0.2) is 24.4 Å². The molecular formula is C17H21F2N3O. The maximum Gasteiger partial charge on any atom is 0.262 e. The van der Waals surface area contributed by atoms with Gasteiger partial charge in [-0.2, -0.15) is 0 Å². The minimum Gasteiger partial charge on any atom is -0.361 e. The Morgan fingerprint density at radius 1 is 1.39 bits per heavy atom. The highest BCUT2D eigenvalue weighted by Gasteiger charge is 2.42. The lowest BCUT2D eigenvalue weighted by Crippen LogP contribution is -2.41. The number of carbonyl (C=O) groups excluding carboxylic acids is 1. The van der Waals surface area contributed by atoms with Crippen molar-refractivity contribution in [3.63, 3.8) is 0 Å². The van der Waals surface area contributed by atoms with Crippen LogP contribution in [0.4, 0.5) is 8.78 Å². The number of aromatic nitrogens is 1. The summed E-state index contributed by atoms with van der Waals surface area (Å²) < 4.78 is 26.2. The van der Waals surface area contributed by atoms with Gasteiger partial charge in [-0.3, -0.25) is 10.1 Å². The zero-order valence-electron chi connectivity index (χ0n) is 13.1. The molecule has 1 aromatic heterocycles. The summed E-state index contributed by atoms with van der Waals surface area (Å²) in [6.45, 7) is 2.12. The Bertz CT molecular complexity index is 711. The van der Waals surface area contributed by atoms with Crippen LogP contribution in [0, 0.1) is 0 Å². The van der Waals surface area contributed by atoms with Crippen molar-refractivity contribution in [2.45, 2.75) is 38.2 Å². The number of aromatic amines is 1. The Hall–Kier alpha value is -1.95. The number of benzene rings is 1. The normalized spacial score (nSPS) is 20.0. The van der Waals surface area contributed by atoms with Crippen molar-refractivity contribution < 1.29 is 13.6 Å². The van der Waals surface area contributed by atoms with Gasteiger partial charge in [0.2, 0.25) is 5.91 Å². The van der Waals surface area contributed by atoms with E-state index in [1.54, 1.807) is 0 Å². The molecule has 1 unspecified atom stereocenters.